The summed E-state index contributed by atoms with van der Waals surface area (Å²) in [6.45, 7) is 0.0508. The fourth-order valence-corrected chi connectivity index (χ4v) is 2.25. The molecule has 0 spiro atoms. The average Bonchev–Trinajstić information content (AvgIpc) is 2.79. The second-order valence-electron chi connectivity index (χ2n) is 4.12. The van der Waals surface area contributed by atoms with Crippen molar-refractivity contribution in [3.63, 3.8) is 0 Å². The smallest absolute Gasteiger partial charge is 0.339 e. The highest BCUT2D eigenvalue weighted by Crippen LogP contribution is 2.41. The van der Waals surface area contributed by atoms with Gasteiger partial charge in [-0.2, -0.15) is 5.26 Å². The minimum Gasteiger partial charge on any atom is -0.454 e. The standard InChI is InChI=1S/C13H9N3O3/c14-5-8-10(7-1-3-16-4-2-7)11-9(19-12(8)15)6-18-13(11)17/h1-4,10H,6,15H2/t10-/m0/s1. The van der Waals surface area contributed by atoms with E-state index in [1.807, 2.05) is 6.07 Å². The Kier molecular flexibility index (Phi) is 2.46. The van der Waals surface area contributed by atoms with Gasteiger partial charge in [0.25, 0.3) is 0 Å². The molecule has 2 aliphatic heterocycles. The van der Waals surface area contributed by atoms with Gasteiger partial charge in [0.15, 0.2) is 5.76 Å². The number of nitrogens with zero attached hydrogens (tertiary/aromatic N) is 2. The van der Waals surface area contributed by atoms with Gasteiger partial charge in [-0.25, -0.2) is 4.79 Å². The first-order valence-corrected chi connectivity index (χ1v) is 5.60. The Morgan fingerprint density at radius 2 is 2.16 bits per heavy atom. The summed E-state index contributed by atoms with van der Waals surface area (Å²) >= 11 is 0. The normalized spacial score (nSPS) is 21.6. The molecule has 2 aliphatic rings. The van der Waals surface area contributed by atoms with Crippen LogP contribution in [0, 0.1) is 11.3 Å². The van der Waals surface area contributed by atoms with Gasteiger partial charge in [0.1, 0.15) is 18.2 Å². The summed E-state index contributed by atoms with van der Waals surface area (Å²) < 4.78 is 10.2. The third-order valence-electron chi connectivity index (χ3n) is 3.09. The van der Waals surface area contributed by atoms with E-state index in [2.05, 4.69) is 4.98 Å². The highest BCUT2D eigenvalue weighted by molar-refractivity contribution is 5.94. The molecule has 0 fully saturated rings. The molecule has 19 heavy (non-hydrogen) atoms. The third-order valence-corrected chi connectivity index (χ3v) is 3.09. The van der Waals surface area contributed by atoms with Crippen molar-refractivity contribution in [1.29, 1.82) is 5.26 Å². The van der Waals surface area contributed by atoms with Gasteiger partial charge in [0, 0.05) is 12.4 Å². The van der Waals surface area contributed by atoms with Crippen molar-refractivity contribution in [3.05, 3.63) is 52.9 Å². The molecule has 0 radical (unpaired) electrons. The van der Waals surface area contributed by atoms with E-state index in [9.17, 15) is 10.1 Å². The Bertz CT molecular complexity index is 655. The van der Waals surface area contributed by atoms with Crippen LogP contribution >= 0.6 is 0 Å². The number of aromatic nitrogens is 1. The van der Waals surface area contributed by atoms with Crippen molar-refractivity contribution < 1.29 is 14.3 Å². The number of rotatable bonds is 1. The van der Waals surface area contributed by atoms with Crippen LogP contribution in [-0.2, 0) is 14.3 Å². The van der Waals surface area contributed by atoms with E-state index in [0.717, 1.165) is 5.56 Å². The third kappa shape index (κ3) is 1.64. The highest BCUT2D eigenvalue weighted by atomic mass is 16.6. The van der Waals surface area contributed by atoms with Crippen LogP contribution in [0.3, 0.4) is 0 Å². The number of ether oxygens (including phenoxy) is 2. The number of cyclic esters (lactones) is 1. The van der Waals surface area contributed by atoms with Crippen LogP contribution in [0.25, 0.3) is 0 Å². The molecule has 0 bridgehead atoms. The van der Waals surface area contributed by atoms with Gasteiger partial charge in [0.05, 0.1) is 11.5 Å². The Morgan fingerprint density at radius 1 is 1.42 bits per heavy atom. The second-order valence-corrected chi connectivity index (χ2v) is 4.12. The van der Waals surface area contributed by atoms with Gasteiger partial charge in [0.2, 0.25) is 5.88 Å². The van der Waals surface area contributed by atoms with Crippen molar-refractivity contribution in [3.8, 4) is 6.07 Å². The van der Waals surface area contributed by atoms with Crippen molar-refractivity contribution in [1.82, 2.24) is 4.98 Å². The predicted molar refractivity (Wildman–Crippen MR) is 62.9 cm³/mol. The first-order valence-electron chi connectivity index (χ1n) is 5.60. The van der Waals surface area contributed by atoms with E-state index in [1.165, 1.54) is 0 Å². The van der Waals surface area contributed by atoms with Crippen molar-refractivity contribution in [2.75, 3.05) is 6.61 Å². The number of allylic oxidation sites excluding steroid dienone is 1. The molecule has 1 atom stereocenters. The van der Waals surface area contributed by atoms with E-state index in [0.29, 0.717) is 11.3 Å². The zero-order chi connectivity index (χ0) is 13.4. The van der Waals surface area contributed by atoms with Crippen LogP contribution < -0.4 is 5.73 Å². The fourth-order valence-electron chi connectivity index (χ4n) is 2.25. The first kappa shape index (κ1) is 11.3. The molecule has 0 aromatic carbocycles. The molecule has 1 aromatic heterocycles. The lowest BCUT2D eigenvalue weighted by molar-refractivity contribution is -0.136. The average molecular weight is 255 g/mol. The first-order chi connectivity index (χ1) is 9.22. The largest absolute Gasteiger partial charge is 0.454 e. The quantitative estimate of drug-likeness (QED) is 0.742. The van der Waals surface area contributed by atoms with E-state index in [1.54, 1.807) is 24.5 Å². The fraction of sp³-hybridized carbons (Fsp3) is 0.154. The Balaban J connectivity index is 2.18. The summed E-state index contributed by atoms with van der Waals surface area (Å²) in [5, 5.41) is 9.24. The number of nitriles is 1. The molecule has 0 saturated heterocycles. The Morgan fingerprint density at radius 3 is 2.84 bits per heavy atom. The minimum atomic E-state index is -0.549. The lowest BCUT2D eigenvalue weighted by Gasteiger charge is -2.23. The summed E-state index contributed by atoms with van der Waals surface area (Å²) in [7, 11) is 0. The lowest BCUT2D eigenvalue weighted by atomic mass is 9.84. The SMILES string of the molecule is N#CC1=C(N)OC2=C(C(=O)OC2)[C@H]1c1ccncc1. The van der Waals surface area contributed by atoms with Crippen molar-refractivity contribution in [2.45, 2.75) is 5.92 Å². The van der Waals surface area contributed by atoms with Crippen LogP contribution in [0.2, 0.25) is 0 Å². The Labute approximate surface area is 108 Å². The van der Waals surface area contributed by atoms with Gasteiger partial charge in [-0.05, 0) is 17.7 Å². The van der Waals surface area contributed by atoms with E-state index in [4.69, 9.17) is 15.2 Å². The molecule has 6 nitrogen and oxygen atoms in total. The molecular formula is C13H9N3O3. The van der Waals surface area contributed by atoms with Crippen molar-refractivity contribution >= 4 is 5.97 Å². The molecular weight excluding hydrogens is 246 g/mol. The molecule has 0 unspecified atom stereocenters. The summed E-state index contributed by atoms with van der Waals surface area (Å²) in [6.07, 6.45) is 3.19. The zero-order valence-corrected chi connectivity index (χ0v) is 9.79. The summed E-state index contributed by atoms with van der Waals surface area (Å²) in [4.78, 5) is 15.7. The monoisotopic (exact) mass is 255 g/mol. The van der Waals surface area contributed by atoms with Gasteiger partial charge in [-0.3, -0.25) is 4.98 Å². The van der Waals surface area contributed by atoms with Gasteiger partial charge in [-0.1, -0.05) is 0 Å². The van der Waals surface area contributed by atoms with Gasteiger partial charge >= 0.3 is 5.97 Å². The molecule has 0 aliphatic carbocycles. The zero-order valence-electron chi connectivity index (χ0n) is 9.79. The highest BCUT2D eigenvalue weighted by Gasteiger charge is 2.41. The molecule has 0 saturated carbocycles. The molecule has 94 valence electrons. The second kappa shape index (κ2) is 4.14. The van der Waals surface area contributed by atoms with Gasteiger partial charge < -0.3 is 15.2 Å². The number of hydrogen-bond donors (Lipinski definition) is 1. The number of esters is 1. The molecule has 1 aromatic rings. The van der Waals surface area contributed by atoms with E-state index >= 15 is 0 Å². The molecule has 3 rings (SSSR count). The number of pyridine rings is 1. The topological polar surface area (TPSA) is 98.2 Å². The Hall–Kier alpha value is -2.81. The molecule has 3 heterocycles. The van der Waals surface area contributed by atoms with Crippen LogP contribution in [0.5, 0.6) is 0 Å². The number of carbonyl (C=O) groups excluding carboxylic acids is 1. The van der Waals surface area contributed by atoms with E-state index in [-0.39, 0.29) is 18.1 Å². The number of hydrogen-bond acceptors (Lipinski definition) is 6. The minimum absolute atomic E-state index is 0.0152. The molecule has 2 N–H and O–H groups in total. The maximum Gasteiger partial charge on any atom is 0.339 e. The summed E-state index contributed by atoms with van der Waals surface area (Å²) in [5.41, 5.74) is 7.05. The molecule has 6 heteroatoms. The predicted octanol–water partition coefficient (Wildman–Crippen LogP) is 0.700. The lowest BCUT2D eigenvalue weighted by Crippen LogP contribution is -2.21. The number of carbonyl (C=O) groups is 1. The van der Waals surface area contributed by atoms with Crippen LogP contribution in [-0.4, -0.2) is 17.6 Å². The van der Waals surface area contributed by atoms with E-state index < -0.39 is 11.9 Å². The maximum atomic E-state index is 11.8. The van der Waals surface area contributed by atoms with Crippen LogP contribution in [0.1, 0.15) is 11.5 Å². The van der Waals surface area contributed by atoms with Crippen molar-refractivity contribution in [2.24, 2.45) is 5.73 Å². The number of nitrogens with two attached hydrogens (primary N) is 1. The van der Waals surface area contributed by atoms with Crippen LogP contribution in [0.15, 0.2) is 47.3 Å². The molecule has 0 amide bonds. The van der Waals surface area contributed by atoms with Crippen LogP contribution in [0.4, 0.5) is 0 Å². The maximum absolute atomic E-state index is 11.8. The summed E-state index contributed by atoms with van der Waals surface area (Å²) in [6, 6.07) is 5.47. The van der Waals surface area contributed by atoms with Gasteiger partial charge in [-0.15, -0.1) is 0 Å². The summed E-state index contributed by atoms with van der Waals surface area (Å²) in [5.74, 6) is -0.631.